The lowest BCUT2D eigenvalue weighted by Crippen LogP contribution is -2.50. The topological polar surface area (TPSA) is 120 Å². The van der Waals surface area contributed by atoms with Crippen LogP contribution in [0, 0.1) is 29.4 Å². The van der Waals surface area contributed by atoms with Crippen LogP contribution in [0.4, 0.5) is 39.5 Å². The highest BCUT2D eigenvalue weighted by Crippen LogP contribution is 2.68. The number of sulfone groups is 1. The van der Waals surface area contributed by atoms with Crippen LogP contribution >= 0.6 is 0 Å². The van der Waals surface area contributed by atoms with Crippen molar-refractivity contribution in [2.75, 3.05) is 6.26 Å². The summed E-state index contributed by atoms with van der Waals surface area (Å²) in [7, 11) is -2.02. The predicted molar refractivity (Wildman–Crippen MR) is 193 cm³/mol. The first-order chi connectivity index (χ1) is 27.4. The minimum atomic E-state index is -5.09. The molecule has 2 aromatic carbocycles. The second kappa shape index (κ2) is 13.7. The summed E-state index contributed by atoms with van der Waals surface area (Å²) < 4.78 is 156. The van der Waals surface area contributed by atoms with E-state index >= 15 is 8.78 Å². The van der Waals surface area contributed by atoms with Gasteiger partial charge in [0.1, 0.15) is 35.2 Å². The summed E-state index contributed by atoms with van der Waals surface area (Å²) in [6.45, 7) is -1.02. The van der Waals surface area contributed by atoms with Crippen LogP contribution in [0.2, 0.25) is 0 Å². The normalized spacial score (nSPS) is 20.3. The van der Waals surface area contributed by atoms with E-state index in [-0.39, 0.29) is 41.1 Å². The van der Waals surface area contributed by atoms with Gasteiger partial charge in [0.05, 0.1) is 35.5 Å². The summed E-state index contributed by atoms with van der Waals surface area (Å²) in [5.41, 5.74) is -4.04. The van der Waals surface area contributed by atoms with Crippen molar-refractivity contribution < 1.29 is 57.8 Å². The minimum absolute atomic E-state index is 0.00682. The Labute approximate surface area is 330 Å². The Morgan fingerprint density at radius 2 is 1.71 bits per heavy atom. The Balaban J connectivity index is 1.26. The van der Waals surface area contributed by atoms with Gasteiger partial charge in [0.2, 0.25) is 0 Å². The maximum Gasteiger partial charge on any atom is 0.435 e. The van der Waals surface area contributed by atoms with Crippen LogP contribution in [0.3, 0.4) is 0 Å². The minimum Gasteiger partial charge on any atom is -0.377 e. The van der Waals surface area contributed by atoms with E-state index in [1.807, 2.05) is 0 Å². The van der Waals surface area contributed by atoms with E-state index in [9.17, 15) is 49.1 Å². The molecule has 0 radical (unpaired) electrons. The van der Waals surface area contributed by atoms with Crippen LogP contribution in [0.5, 0.6) is 0 Å². The summed E-state index contributed by atoms with van der Waals surface area (Å²) in [6, 6.07) is 10.3. The molecule has 3 aliphatic carbocycles. The molecule has 3 aromatic heterocycles. The van der Waals surface area contributed by atoms with E-state index in [2.05, 4.69) is 27.0 Å². The van der Waals surface area contributed by atoms with Gasteiger partial charge in [-0.1, -0.05) is 24.1 Å². The zero-order valence-electron chi connectivity index (χ0n) is 31.0. The third-order valence-corrected chi connectivity index (χ3v) is 11.7. The molecule has 310 valence electrons. The van der Waals surface area contributed by atoms with Crippen LogP contribution < -0.4 is 0 Å². The fourth-order valence-electron chi connectivity index (χ4n) is 8.52. The molecule has 0 aliphatic heterocycles. The maximum absolute atomic E-state index is 15.4. The van der Waals surface area contributed by atoms with Gasteiger partial charge in [-0.15, -0.1) is 0 Å². The van der Waals surface area contributed by atoms with E-state index in [4.69, 9.17) is 0 Å². The zero-order valence-corrected chi connectivity index (χ0v) is 31.8. The van der Waals surface area contributed by atoms with Crippen molar-refractivity contribution in [2.24, 2.45) is 13.0 Å². The van der Waals surface area contributed by atoms with Gasteiger partial charge in [-0.25, -0.2) is 31.0 Å². The first-order valence-corrected chi connectivity index (χ1v) is 20.3. The van der Waals surface area contributed by atoms with Gasteiger partial charge < -0.3 is 5.11 Å². The van der Waals surface area contributed by atoms with Crippen molar-refractivity contribution in [1.82, 2.24) is 24.5 Å². The van der Waals surface area contributed by atoms with Gasteiger partial charge in [0.25, 0.3) is 11.8 Å². The Hall–Kier alpha value is -5.22. The zero-order chi connectivity index (χ0) is 42.6. The average Bonchev–Trinajstić information content (AvgIpc) is 3.64. The molecular weight excluding hydrogens is 818 g/mol. The molecule has 3 atom stereocenters. The lowest BCUT2D eigenvalue weighted by atomic mass is 9.77. The Kier molecular flexibility index (Phi) is 9.39. The fraction of sp³-hybridized carbons (Fsp3) is 0.400. The number of alkyl halides is 7. The lowest BCUT2D eigenvalue weighted by Gasteiger charge is -2.39. The van der Waals surface area contributed by atoms with Gasteiger partial charge in [-0.3, -0.25) is 14.2 Å². The van der Waals surface area contributed by atoms with Gasteiger partial charge in [0.15, 0.2) is 21.3 Å². The standard InChI is InChI=1S/C40H32F9N5O4S/c1-53-34-27(4-3-5-28(34)31(51-53)17-59(2,57)58)26-7-6-24(8-9-37(56)18-38(43,44)19-37)50-33(26)21(10-20-11-22(41)14-23(42)12-20)13-25(55)16-54-36-32(35(52-54)40(47,48)49)29-15-30(29)39(36,45)46/h3-7,11-12,14,21,29-30,56H,10,13,15-19H2,1-2H3/t21-,29+,30-/m1/s1. The van der Waals surface area contributed by atoms with Crippen molar-refractivity contribution >= 4 is 26.5 Å². The number of hydrogen-bond donors (Lipinski definition) is 1. The molecular formula is C40H32F9N5O4S. The molecule has 0 saturated heterocycles. The molecule has 0 unspecified atom stereocenters. The Bertz CT molecular complexity index is 2720. The number of benzene rings is 2. The number of ketones is 1. The summed E-state index contributed by atoms with van der Waals surface area (Å²) in [4.78, 5) is 18.7. The molecule has 8 rings (SSSR count). The number of rotatable bonds is 10. The Morgan fingerprint density at radius 3 is 2.36 bits per heavy atom. The van der Waals surface area contributed by atoms with Crippen LogP contribution in [0.15, 0.2) is 48.5 Å². The second-order valence-corrected chi connectivity index (χ2v) is 17.9. The molecule has 0 bridgehead atoms. The highest BCUT2D eigenvalue weighted by Gasteiger charge is 2.68. The fourth-order valence-corrected chi connectivity index (χ4v) is 9.23. The molecule has 2 fully saturated rings. The molecule has 5 aromatic rings. The molecule has 0 amide bonds. The summed E-state index contributed by atoms with van der Waals surface area (Å²) in [6.07, 6.45) is -7.10. The van der Waals surface area contributed by atoms with E-state index in [1.54, 1.807) is 25.2 Å². The number of pyridine rings is 1. The maximum atomic E-state index is 15.4. The number of carbonyl (C=O) groups excluding carboxylic acids is 1. The molecule has 2 saturated carbocycles. The van der Waals surface area contributed by atoms with E-state index in [0.717, 1.165) is 18.4 Å². The van der Waals surface area contributed by atoms with Gasteiger partial charge in [-0.2, -0.15) is 32.1 Å². The van der Waals surface area contributed by atoms with Crippen LogP contribution in [0.25, 0.3) is 22.0 Å². The van der Waals surface area contributed by atoms with Crippen LogP contribution in [-0.4, -0.2) is 61.6 Å². The molecule has 3 aliphatic rings. The molecule has 3 heterocycles. The lowest BCUT2D eigenvalue weighted by molar-refractivity contribution is -0.176. The van der Waals surface area contributed by atoms with Gasteiger partial charge >= 0.3 is 6.18 Å². The van der Waals surface area contributed by atoms with Gasteiger partial charge in [-0.05, 0) is 54.5 Å². The highest BCUT2D eigenvalue weighted by atomic mass is 32.2. The van der Waals surface area contributed by atoms with Crippen molar-refractivity contribution in [3.05, 3.63) is 99.8 Å². The number of fused-ring (bicyclic) bond motifs is 4. The molecule has 9 nitrogen and oxygen atoms in total. The summed E-state index contributed by atoms with van der Waals surface area (Å²) >= 11 is 0. The van der Waals surface area contributed by atoms with Crippen molar-refractivity contribution in [3.63, 3.8) is 0 Å². The smallest absolute Gasteiger partial charge is 0.377 e. The molecule has 59 heavy (non-hydrogen) atoms. The number of halogens is 9. The number of aliphatic hydroxyl groups is 1. The number of Topliss-reactive ketones (excluding diaryl/α,β-unsaturated/α-hetero) is 1. The van der Waals surface area contributed by atoms with E-state index < -0.39 is 117 Å². The third kappa shape index (κ3) is 7.72. The Morgan fingerprint density at radius 1 is 1.02 bits per heavy atom. The van der Waals surface area contributed by atoms with Crippen molar-refractivity contribution in [3.8, 4) is 23.0 Å². The first-order valence-electron chi connectivity index (χ1n) is 18.2. The highest BCUT2D eigenvalue weighted by molar-refractivity contribution is 7.89. The number of para-hydroxylation sites is 1. The number of hydrogen-bond acceptors (Lipinski definition) is 7. The quantitative estimate of drug-likeness (QED) is 0.115. The predicted octanol–water partition coefficient (Wildman–Crippen LogP) is 7.38. The average molecular weight is 850 g/mol. The van der Waals surface area contributed by atoms with Crippen molar-refractivity contribution in [2.45, 2.75) is 79.9 Å². The van der Waals surface area contributed by atoms with E-state index in [0.29, 0.717) is 27.2 Å². The number of nitrogens with zero attached hydrogens (tertiary/aromatic N) is 5. The van der Waals surface area contributed by atoms with Crippen molar-refractivity contribution in [1.29, 1.82) is 0 Å². The number of aryl methyl sites for hydroxylation is 1. The molecule has 19 heteroatoms. The largest absolute Gasteiger partial charge is 0.435 e. The summed E-state index contributed by atoms with van der Waals surface area (Å²) in [5.74, 6) is -8.77. The third-order valence-electron chi connectivity index (χ3n) is 10.9. The first kappa shape index (κ1) is 40.6. The second-order valence-electron chi connectivity index (χ2n) is 15.7. The number of carbonyl (C=O) groups is 1. The molecule has 1 N–H and O–H groups in total. The van der Waals surface area contributed by atoms with Gasteiger partial charge in [0, 0.05) is 59.7 Å². The SMILES string of the molecule is Cn1nc(CS(C)(=O)=O)c2cccc(-c3ccc(C#CC4(O)CC(F)(F)C4)nc3[C@@H](CC(=O)Cn3nc(C(F)(F)F)c4c3C(F)(F)[C@@H]3C[C@H]43)Cc3cc(F)cc(F)c3)c21. The molecule has 0 spiro atoms. The van der Waals surface area contributed by atoms with E-state index in [1.165, 1.54) is 16.8 Å². The monoisotopic (exact) mass is 849 g/mol. The number of aromatic nitrogens is 5. The summed E-state index contributed by atoms with van der Waals surface area (Å²) in [5, 5.41) is 18.8. The van der Waals surface area contributed by atoms with Crippen LogP contribution in [-0.2, 0) is 52.5 Å². The van der Waals surface area contributed by atoms with Crippen LogP contribution in [0.1, 0.15) is 77.1 Å².